The lowest BCUT2D eigenvalue weighted by Crippen LogP contribution is -2.42. The van der Waals surface area contributed by atoms with Crippen LogP contribution in [0.3, 0.4) is 0 Å². The summed E-state index contributed by atoms with van der Waals surface area (Å²) in [5.74, 6) is 0.431. The first kappa shape index (κ1) is 13.3. The molecule has 1 heterocycles. The average molecular weight is 228 g/mol. The van der Waals surface area contributed by atoms with Gasteiger partial charge in [0.15, 0.2) is 0 Å². The van der Waals surface area contributed by atoms with Gasteiger partial charge in [-0.2, -0.15) is 0 Å². The van der Waals surface area contributed by atoms with Gasteiger partial charge < -0.3 is 15.8 Å². The molecule has 1 fully saturated rings. The highest BCUT2D eigenvalue weighted by atomic mass is 16.4. The summed E-state index contributed by atoms with van der Waals surface area (Å²) in [5, 5.41) is 11.7. The molecule has 1 aliphatic heterocycles. The predicted molar refractivity (Wildman–Crippen MR) is 65.7 cm³/mol. The van der Waals surface area contributed by atoms with E-state index in [0.29, 0.717) is 11.9 Å². The standard InChI is InChI=1S/C11H24N4O/c1-9(11(12)13-16)7-15-6-4-5-14(3)8-10(15)2/h9-10,16H,4-8H2,1-3H3,(H2,12,13). The van der Waals surface area contributed by atoms with Crippen molar-refractivity contribution in [1.29, 1.82) is 0 Å². The molecule has 94 valence electrons. The quantitative estimate of drug-likeness (QED) is 0.317. The molecule has 5 nitrogen and oxygen atoms in total. The van der Waals surface area contributed by atoms with E-state index in [0.717, 1.165) is 26.2 Å². The van der Waals surface area contributed by atoms with Crippen LogP contribution in [0.2, 0.25) is 0 Å². The maximum Gasteiger partial charge on any atom is 0.143 e. The second-order valence-corrected chi connectivity index (χ2v) is 4.89. The lowest BCUT2D eigenvalue weighted by molar-refractivity contribution is 0.190. The van der Waals surface area contributed by atoms with Gasteiger partial charge in [0.05, 0.1) is 0 Å². The van der Waals surface area contributed by atoms with E-state index in [9.17, 15) is 0 Å². The molecule has 0 amide bonds. The van der Waals surface area contributed by atoms with Gasteiger partial charge in [0.25, 0.3) is 0 Å². The van der Waals surface area contributed by atoms with Crippen molar-refractivity contribution in [2.45, 2.75) is 26.3 Å². The Morgan fingerprint density at radius 3 is 2.88 bits per heavy atom. The minimum absolute atomic E-state index is 0.107. The molecule has 0 aliphatic carbocycles. The number of nitrogens with zero attached hydrogens (tertiary/aromatic N) is 3. The Morgan fingerprint density at radius 1 is 1.56 bits per heavy atom. The van der Waals surface area contributed by atoms with E-state index in [1.165, 1.54) is 6.42 Å². The Kier molecular flexibility index (Phi) is 5.02. The number of likely N-dealkylation sites (N-methyl/N-ethyl adjacent to an activating group) is 1. The third kappa shape index (κ3) is 3.64. The van der Waals surface area contributed by atoms with Crippen LogP contribution in [0.4, 0.5) is 0 Å². The zero-order valence-corrected chi connectivity index (χ0v) is 10.6. The van der Waals surface area contributed by atoms with Crippen molar-refractivity contribution in [3.63, 3.8) is 0 Å². The third-order valence-electron chi connectivity index (χ3n) is 3.31. The molecule has 3 N–H and O–H groups in total. The van der Waals surface area contributed by atoms with Crippen molar-refractivity contribution in [2.75, 3.05) is 33.2 Å². The topological polar surface area (TPSA) is 65.1 Å². The summed E-state index contributed by atoms with van der Waals surface area (Å²) in [5.41, 5.74) is 5.61. The summed E-state index contributed by atoms with van der Waals surface area (Å²) in [7, 11) is 2.16. The molecule has 0 aromatic heterocycles. The molecule has 1 rings (SSSR count). The van der Waals surface area contributed by atoms with Crippen molar-refractivity contribution in [1.82, 2.24) is 9.80 Å². The van der Waals surface area contributed by atoms with Crippen molar-refractivity contribution >= 4 is 5.84 Å². The smallest absolute Gasteiger partial charge is 0.143 e. The molecule has 0 aromatic carbocycles. The highest BCUT2D eigenvalue weighted by Gasteiger charge is 2.22. The molecular weight excluding hydrogens is 204 g/mol. The zero-order valence-electron chi connectivity index (χ0n) is 10.6. The minimum Gasteiger partial charge on any atom is -0.409 e. The summed E-state index contributed by atoms with van der Waals surface area (Å²) in [4.78, 5) is 4.78. The lowest BCUT2D eigenvalue weighted by atomic mass is 10.1. The number of nitrogens with two attached hydrogens (primary N) is 1. The van der Waals surface area contributed by atoms with E-state index >= 15 is 0 Å². The first-order chi connectivity index (χ1) is 7.54. The third-order valence-corrected chi connectivity index (χ3v) is 3.31. The van der Waals surface area contributed by atoms with E-state index in [1.807, 2.05) is 6.92 Å². The van der Waals surface area contributed by atoms with Gasteiger partial charge in [-0.25, -0.2) is 0 Å². The summed E-state index contributed by atoms with van der Waals surface area (Å²) >= 11 is 0. The molecule has 2 atom stereocenters. The summed E-state index contributed by atoms with van der Waals surface area (Å²) in [6.07, 6.45) is 1.18. The van der Waals surface area contributed by atoms with Gasteiger partial charge in [0, 0.05) is 25.0 Å². The number of hydrogen-bond acceptors (Lipinski definition) is 4. The first-order valence-electron chi connectivity index (χ1n) is 5.94. The van der Waals surface area contributed by atoms with Gasteiger partial charge >= 0.3 is 0 Å². The Hall–Kier alpha value is -0.810. The molecule has 2 unspecified atom stereocenters. The van der Waals surface area contributed by atoms with E-state index in [-0.39, 0.29) is 5.92 Å². The van der Waals surface area contributed by atoms with Gasteiger partial charge in [-0.05, 0) is 33.5 Å². The van der Waals surface area contributed by atoms with Crippen LogP contribution in [-0.2, 0) is 0 Å². The van der Waals surface area contributed by atoms with Gasteiger partial charge in [-0.3, -0.25) is 4.90 Å². The summed E-state index contributed by atoms with van der Waals surface area (Å²) < 4.78 is 0. The van der Waals surface area contributed by atoms with Crippen LogP contribution in [0.5, 0.6) is 0 Å². The van der Waals surface area contributed by atoms with Crippen LogP contribution in [0.1, 0.15) is 20.3 Å². The molecule has 1 saturated heterocycles. The second-order valence-electron chi connectivity index (χ2n) is 4.89. The van der Waals surface area contributed by atoms with Crippen LogP contribution in [0, 0.1) is 5.92 Å². The first-order valence-corrected chi connectivity index (χ1v) is 5.94. The number of amidine groups is 1. The minimum atomic E-state index is 0.107. The Morgan fingerprint density at radius 2 is 2.25 bits per heavy atom. The normalized spacial score (nSPS) is 27.7. The molecule has 5 heteroatoms. The number of rotatable bonds is 3. The van der Waals surface area contributed by atoms with E-state index in [1.54, 1.807) is 0 Å². The van der Waals surface area contributed by atoms with Crippen molar-refractivity contribution in [3.05, 3.63) is 0 Å². The molecule has 0 bridgehead atoms. The van der Waals surface area contributed by atoms with E-state index in [2.05, 4.69) is 28.9 Å². The Balaban J connectivity index is 2.52. The van der Waals surface area contributed by atoms with Gasteiger partial charge in [0.2, 0.25) is 0 Å². The highest BCUT2D eigenvalue weighted by Crippen LogP contribution is 2.11. The predicted octanol–water partition coefficient (Wildman–Crippen LogP) is 0.395. The SMILES string of the molecule is CC(CN1CCCN(C)CC1C)C(N)=NO. The largest absolute Gasteiger partial charge is 0.409 e. The van der Waals surface area contributed by atoms with Crippen molar-refractivity contribution in [2.24, 2.45) is 16.8 Å². The number of oxime groups is 1. The molecule has 0 spiro atoms. The fourth-order valence-corrected chi connectivity index (χ4v) is 2.24. The van der Waals surface area contributed by atoms with Crippen LogP contribution >= 0.6 is 0 Å². The second kappa shape index (κ2) is 6.06. The maximum atomic E-state index is 8.63. The van der Waals surface area contributed by atoms with Gasteiger partial charge in [0.1, 0.15) is 5.84 Å². The monoisotopic (exact) mass is 228 g/mol. The van der Waals surface area contributed by atoms with E-state index < -0.39 is 0 Å². The van der Waals surface area contributed by atoms with Crippen molar-refractivity contribution in [3.8, 4) is 0 Å². The average Bonchev–Trinajstić information content (AvgIpc) is 2.39. The molecule has 0 radical (unpaired) electrons. The number of hydrogen-bond donors (Lipinski definition) is 2. The summed E-state index contributed by atoms with van der Waals surface area (Å²) in [6, 6.07) is 0.529. The Bertz CT molecular complexity index is 244. The van der Waals surface area contributed by atoms with Crippen LogP contribution in [0.25, 0.3) is 0 Å². The van der Waals surface area contributed by atoms with E-state index in [4.69, 9.17) is 10.9 Å². The van der Waals surface area contributed by atoms with Crippen LogP contribution in [0.15, 0.2) is 5.16 Å². The maximum absolute atomic E-state index is 8.63. The molecule has 0 saturated carbocycles. The fourth-order valence-electron chi connectivity index (χ4n) is 2.24. The van der Waals surface area contributed by atoms with Crippen LogP contribution in [-0.4, -0.2) is 60.1 Å². The molecular formula is C11H24N4O. The Labute approximate surface area is 97.9 Å². The molecule has 1 aliphatic rings. The van der Waals surface area contributed by atoms with Gasteiger partial charge in [-0.1, -0.05) is 12.1 Å². The fraction of sp³-hybridized carbons (Fsp3) is 0.909. The molecule has 0 aromatic rings. The van der Waals surface area contributed by atoms with Crippen LogP contribution < -0.4 is 5.73 Å². The lowest BCUT2D eigenvalue weighted by Gasteiger charge is -2.29. The molecule has 16 heavy (non-hydrogen) atoms. The summed E-state index contributed by atoms with van der Waals surface area (Å²) in [6.45, 7) is 8.43. The van der Waals surface area contributed by atoms with Gasteiger partial charge in [-0.15, -0.1) is 0 Å². The van der Waals surface area contributed by atoms with Crippen molar-refractivity contribution < 1.29 is 5.21 Å². The zero-order chi connectivity index (χ0) is 12.1. The highest BCUT2D eigenvalue weighted by molar-refractivity contribution is 5.82.